The van der Waals surface area contributed by atoms with Gasteiger partial charge in [0.15, 0.2) is 11.2 Å². The van der Waals surface area contributed by atoms with Crippen molar-refractivity contribution in [2.24, 2.45) is 0 Å². The molecule has 1 amide bonds. The first kappa shape index (κ1) is 10.5. The van der Waals surface area contributed by atoms with E-state index >= 15 is 0 Å². The van der Waals surface area contributed by atoms with E-state index in [1.807, 2.05) is 12.3 Å². The Kier molecular flexibility index (Phi) is 3.30. The van der Waals surface area contributed by atoms with Gasteiger partial charge in [0.25, 0.3) is 5.91 Å². The summed E-state index contributed by atoms with van der Waals surface area (Å²) in [6.45, 7) is 3.22. The standard InChI is InChI=1S/C9H12N2O3S/c1-6-5-15-9(10-6)11-8(12)7-4-13-2-3-14-7/h5,7H,2-4H2,1H3,(H,10,11,12). The lowest BCUT2D eigenvalue weighted by Gasteiger charge is -2.21. The molecule has 0 aliphatic carbocycles. The van der Waals surface area contributed by atoms with Crippen molar-refractivity contribution in [3.8, 4) is 0 Å². The van der Waals surface area contributed by atoms with Gasteiger partial charge in [-0.25, -0.2) is 4.98 Å². The highest BCUT2D eigenvalue weighted by Crippen LogP contribution is 2.15. The van der Waals surface area contributed by atoms with Gasteiger partial charge in [-0.05, 0) is 6.92 Å². The maximum absolute atomic E-state index is 11.6. The molecule has 0 radical (unpaired) electrons. The Morgan fingerprint density at radius 2 is 2.53 bits per heavy atom. The number of aromatic nitrogens is 1. The van der Waals surface area contributed by atoms with Crippen LogP contribution in [-0.4, -0.2) is 36.8 Å². The zero-order valence-corrected chi connectivity index (χ0v) is 9.17. The Hall–Kier alpha value is -0.980. The van der Waals surface area contributed by atoms with Gasteiger partial charge in [0.2, 0.25) is 0 Å². The van der Waals surface area contributed by atoms with Gasteiger partial charge in [0.1, 0.15) is 0 Å². The Morgan fingerprint density at radius 1 is 1.67 bits per heavy atom. The van der Waals surface area contributed by atoms with Gasteiger partial charge in [-0.1, -0.05) is 0 Å². The van der Waals surface area contributed by atoms with Crippen LogP contribution in [0.3, 0.4) is 0 Å². The number of amides is 1. The van der Waals surface area contributed by atoms with E-state index in [4.69, 9.17) is 9.47 Å². The molecule has 1 atom stereocenters. The van der Waals surface area contributed by atoms with Crippen LogP contribution in [0, 0.1) is 6.92 Å². The Labute approximate surface area is 91.4 Å². The molecule has 2 heterocycles. The summed E-state index contributed by atoms with van der Waals surface area (Å²) in [5.41, 5.74) is 0.899. The molecule has 1 saturated heterocycles. The third-order valence-corrected chi connectivity index (χ3v) is 2.83. The predicted molar refractivity (Wildman–Crippen MR) is 56.0 cm³/mol. The second kappa shape index (κ2) is 4.69. The minimum atomic E-state index is -0.511. The van der Waals surface area contributed by atoms with Crippen LogP contribution < -0.4 is 5.32 Å². The largest absolute Gasteiger partial charge is 0.376 e. The van der Waals surface area contributed by atoms with Crippen molar-refractivity contribution in [2.45, 2.75) is 13.0 Å². The summed E-state index contributed by atoms with van der Waals surface area (Å²) in [7, 11) is 0. The van der Waals surface area contributed by atoms with Crippen molar-refractivity contribution in [2.75, 3.05) is 25.1 Å². The van der Waals surface area contributed by atoms with Crippen molar-refractivity contribution in [1.29, 1.82) is 0 Å². The van der Waals surface area contributed by atoms with Crippen molar-refractivity contribution in [3.05, 3.63) is 11.1 Å². The van der Waals surface area contributed by atoms with Gasteiger partial charge in [0.05, 0.1) is 25.5 Å². The highest BCUT2D eigenvalue weighted by molar-refractivity contribution is 7.13. The van der Waals surface area contributed by atoms with Crippen molar-refractivity contribution in [3.63, 3.8) is 0 Å². The Balaban J connectivity index is 1.91. The Bertz CT molecular complexity index is 347. The van der Waals surface area contributed by atoms with Crippen LogP contribution in [0.25, 0.3) is 0 Å². The third kappa shape index (κ3) is 2.74. The maximum atomic E-state index is 11.6. The number of anilines is 1. The second-order valence-electron chi connectivity index (χ2n) is 3.22. The number of nitrogens with one attached hydrogen (secondary N) is 1. The molecule has 6 heteroatoms. The monoisotopic (exact) mass is 228 g/mol. The lowest BCUT2D eigenvalue weighted by Crippen LogP contribution is -2.39. The third-order valence-electron chi connectivity index (χ3n) is 1.96. The lowest BCUT2D eigenvalue weighted by atomic mass is 10.3. The number of carbonyl (C=O) groups is 1. The molecule has 0 saturated carbocycles. The molecule has 1 unspecified atom stereocenters. The van der Waals surface area contributed by atoms with Crippen LogP contribution >= 0.6 is 11.3 Å². The fourth-order valence-electron chi connectivity index (χ4n) is 1.24. The number of rotatable bonds is 2. The summed E-state index contributed by atoms with van der Waals surface area (Å²) < 4.78 is 10.4. The molecule has 1 aliphatic heterocycles. The zero-order chi connectivity index (χ0) is 10.7. The van der Waals surface area contributed by atoms with E-state index in [1.165, 1.54) is 11.3 Å². The van der Waals surface area contributed by atoms with Crippen LogP contribution in [0.1, 0.15) is 5.69 Å². The van der Waals surface area contributed by atoms with E-state index in [1.54, 1.807) is 0 Å². The zero-order valence-electron chi connectivity index (χ0n) is 8.36. The number of hydrogen-bond acceptors (Lipinski definition) is 5. The van der Waals surface area contributed by atoms with Crippen molar-refractivity contribution in [1.82, 2.24) is 4.98 Å². The van der Waals surface area contributed by atoms with Gasteiger partial charge < -0.3 is 9.47 Å². The van der Waals surface area contributed by atoms with E-state index in [9.17, 15) is 4.79 Å². The normalized spacial score (nSPS) is 21.3. The van der Waals surface area contributed by atoms with Gasteiger partial charge in [-0.3, -0.25) is 10.1 Å². The molecule has 15 heavy (non-hydrogen) atoms. The average molecular weight is 228 g/mol. The Morgan fingerprint density at radius 3 is 3.13 bits per heavy atom. The summed E-state index contributed by atoms with van der Waals surface area (Å²) in [6.07, 6.45) is -0.511. The van der Waals surface area contributed by atoms with E-state index in [0.29, 0.717) is 25.0 Å². The van der Waals surface area contributed by atoms with E-state index in [2.05, 4.69) is 10.3 Å². The van der Waals surface area contributed by atoms with Crippen LogP contribution in [0.15, 0.2) is 5.38 Å². The summed E-state index contributed by atoms with van der Waals surface area (Å²) in [5.74, 6) is -0.191. The molecule has 5 nitrogen and oxygen atoms in total. The molecule has 2 rings (SSSR count). The maximum Gasteiger partial charge on any atom is 0.257 e. The molecule has 1 aliphatic rings. The summed E-state index contributed by atoms with van der Waals surface area (Å²) in [5, 5.41) is 5.18. The fraction of sp³-hybridized carbons (Fsp3) is 0.556. The molecule has 1 aromatic heterocycles. The molecule has 0 spiro atoms. The van der Waals surface area contributed by atoms with Crippen molar-refractivity contribution >= 4 is 22.4 Å². The molecule has 0 bridgehead atoms. The molecule has 0 aromatic carbocycles. The first-order valence-electron chi connectivity index (χ1n) is 4.68. The van der Waals surface area contributed by atoms with Gasteiger partial charge in [0, 0.05) is 5.38 Å². The smallest absolute Gasteiger partial charge is 0.257 e. The van der Waals surface area contributed by atoms with Crippen LogP contribution in [-0.2, 0) is 14.3 Å². The molecular weight excluding hydrogens is 216 g/mol. The predicted octanol–water partition coefficient (Wildman–Crippen LogP) is 0.805. The van der Waals surface area contributed by atoms with Gasteiger partial charge >= 0.3 is 0 Å². The number of aryl methyl sites for hydroxylation is 1. The number of thiazole rings is 1. The second-order valence-corrected chi connectivity index (χ2v) is 4.08. The molecule has 82 valence electrons. The summed E-state index contributed by atoms with van der Waals surface area (Å²) in [4.78, 5) is 15.8. The topological polar surface area (TPSA) is 60.5 Å². The number of carbonyl (C=O) groups excluding carboxylic acids is 1. The van der Waals surface area contributed by atoms with Crippen LogP contribution in [0.5, 0.6) is 0 Å². The highest BCUT2D eigenvalue weighted by Gasteiger charge is 2.23. The molecule has 1 fully saturated rings. The SMILES string of the molecule is Cc1csc(NC(=O)C2COCCO2)n1. The van der Waals surface area contributed by atoms with Crippen LogP contribution in [0.2, 0.25) is 0 Å². The van der Waals surface area contributed by atoms with Gasteiger partial charge in [-0.2, -0.15) is 0 Å². The minimum Gasteiger partial charge on any atom is -0.376 e. The van der Waals surface area contributed by atoms with Gasteiger partial charge in [-0.15, -0.1) is 11.3 Å². The van der Waals surface area contributed by atoms with Crippen molar-refractivity contribution < 1.29 is 14.3 Å². The van der Waals surface area contributed by atoms with Crippen LogP contribution in [0.4, 0.5) is 5.13 Å². The highest BCUT2D eigenvalue weighted by atomic mass is 32.1. The molecule has 1 N–H and O–H groups in total. The van der Waals surface area contributed by atoms with E-state index < -0.39 is 6.10 Å². The van der Waals surface area contributed by atoms with E-state index in [-0.39, 0.29) is 5.91 Å². The number of hydrogen-bond donors (Lipinski definition) is 1. The first-order valence-corrected chi connectivity index (χ1v) is 5.56. The number of ether oxygens (including phenoxy) is 2. The van der Waals surface area contributed by atoms with E-state index in [0.717, 1.165) is 5.69 Å². The summed E-state index contributed by atoms with van der Waals surface area (Å²) >= 11 is 1.40. The quantitative estimate of drug-likeness (QED) is 0.813. The summed E-state index contributed by atoms with van der Waals surface area (Å²) in [6, 6.07) is 0. The molecule has 1 aromatic rings. The fourth-order valence-corrected chi connectivity index (χ4v) is 1.93. The minimum absolute atomic E-state index is 0.191. The first-order chi connectivity index (χ1) is 7.25. The number of nitrogens with zero attached hydrogens (tertiary/aromatic N) is 1. The molecular formula is C9H12N2O3S. The average Bonchev–Trinajstić information content (AvgIpc) is 2.65. The lowest BCUT2D eigenvalue weighted by molar-refractivity contribution is -0.142.